The lowest BCUT2D eigenvalue weighted by Crippen LogP contribution is -2.44. The van der Waals surface area contributed by atoms with E-state index in [4.69, 9.17) is 0 Å². The standard InChI is InChI=1S/C19H30N4O3S/c1-3-23(18-8-13-27(25,26)15-18)19(24)14-20-16-4-6-17(7-5-16)22-11-9-21(2)10-12-22/h4-7,18,20H,3,8-15H2,1-2H3. The summed E-state index contributed by atoms with van der Waals surface area (Å²) in [5.41, 5.74) is 2.10. The predicted molar refractivity (Wildman–Crippen MR) is 109 cm³/mol. The van der Waals surface area contributed by atoms with E-state index in [1.54, 1.807) is 4.90 Å². The van der Waals surface area contributed by atoms with Crippen LogP contribution in [-0.2, 0) is 14.6 Å². The summed E-state index contributed by atoms with van der Waals surface area (Å²) >= 11 is 0. The number of piperazine rings is 1. The van der Waals surface area contributed by atoms with Gasteiger partial charge in [-0.2, -0.15) is 0 Å². The smallest absolute Gasteiger partial charge is 0.242 e. The molecule has 1 atom stereocenters. The SMILES string of the molecule is CCN(C(=O)CNc1ccc(N2CCN(C)CC2)cc1)C1CCS(=O)(=O)C1. The van der Waals surface area contributed by atoms with Crippen LogP contribution in [0.25, 0.3) is 0 Å². The van der Waals surface area contributed by atoms with Gasteiger partial charge in [0.1, 0.15) is 0 Å². The van der Waals surface area contributed by atoms with Crippen LogP contribution in [0.15, 0.2) is 24.3 Å². The number of sulfone groups is 1. The second-order valence-corrected chi connectivity index (χ2v) is 9.66. The number of benzene rings is 1. The van der Waals surface area contributed by atoms with Crippen LogP contribution < -0.4 is 10.2 Å². The minimum absolute atomic E-state index is 0.0530. The van der Waals surface area contributed by atoms with Crippen LogP contribution in [0.5, 0.6) is 0 Å². The van der Waals surface area contributed by atoms with E-state index in [1.807, 2.05) is 19.1 Å². The Bertz CT molecular complexity index is 743. The monoisotopic (exact) mass is 394 g/mol. The van der Waals surface area contributed by atoms with Crippen molar-refractivity contribution in [2.75, 3.05) is 68.0 Å². The lowest BCUT2D eigenvalue weighted by molar-refractivity contribution is -0.130. The summed E-state index contributed by atoms with van der Waals surface area (Å²) in [6.07, 6.45) is 0.543. The molecule has 8 heteroatoms. The zero-order chi connectivity index (χ0) is 19.4. The minimum atomic E-state index is -2.99. The number of hydrogen-bond acceptors (Lipinski definition) is 6. The summed E-state index contributed by atoms with van der Waals surface area (Å²) in [6.45, 7) is 6.79. The molecule has 27 heavy (non-hydrogen) atoms. The molecule has 0 saturated carbocycles. The second-order valence-electron chi connectivity index (χ2n) is 7.43. The molecule has 2 aliphatic heterocycles. The molecule has 0 bridgehead atoms. The Morgan fingerprint density at radius 2 is 1.85 bits per heavy atom. The topological polar surface area (TPSA) is 73.0 Å². The van der Waals surface area contributed by atoms with Crippen LogP contribution in [0.4, 0.5) is 11.4 Å². The Balaban J connectivity index is 1.52. The first-order chi connectivity index (χ1) is 12.9. The molecule has 1 amide bonds. The number of nitrogens with one attached hydrogen (secondary N) is 1. The predicted octanol–water partition coefficient (Wildman–Crippen LogP) is 0.886. The average Bonchev–Trinajstić information content (AvgIpc) is 3.01. The Morgan fingerprint density at radius 3 is 2.41 bits per heavy atom. The summed E-state index contributed by atoms with van der Waals surface area (Å²) < 4.78 is 23.4. The fraction of sp³-hybridized carbons (Fsp3) is 0.632. The summed E-state index contributed by atoms with van der Waals surface area (Å²) in [6, 6.07) is 7.97. The van der Waals surface area contributed by atoms with Gasteiger partial charge in [0.15, 0.2) is 9.84 Å². The lowest BCUT2D eigenvalue weighted by Gasteiger charge is -2.34. The van der Waals surface area contributed by atoms with Gasteiger partial charge in [0.25, 0.3) is 0 Å². The third kappa shape index (κ3) is 5.13. The van der Waals surface area contributed by atoms with Crippen LogP contribution in [0.1, 0.15) is 13.3 Å². The van der Waals surface area contributed by atoms with E-state index in [9.17, 15) is 13.2 Å². The average molecular weight is 395 g/mol. The van der Waals surface area contributed by atoms with Gasteiger partial charge in [0.2, 0.25) is 5.91 Å². The van der Waals surface area contributed by atoms with E-state index in [0.717, 1.165) is 31.9 Å². The molecule has 0 spiro atoms. The lowest BCUT2D eigenvalue weighted by atomic mass is 10.2. The number of carbonyl (C=O) groups is 1. The first-order valence-corrected chi connectivity index (χ1v) is 11.5. The summed E-state index contributed by atoms with van der Waals surface area (Å²) in [7, 11) is -0.851. The number of carbonyl (C=O) groups excluding carboxylic acids is 1. The van der Waals surface area contributed by atoms with Crippen molar-refractivity contribution in [1.82, 2.24) is 9.80 Å². The van der Waals surface area contributed by atoms with E-state index in [1.165, 1.54) is 5.69 Å². The van der Waals surface area contributed by atoms with E-state index >= 15 is 0 Å². The fourth-order valence-electron chi connectivity index (χ4n) is 3.79. The third-order valence-electron chi connectivity index (χ3n) is 5.49. The molecule has 2 heterocycles. The van der Waals surface area contributed by atoms with Crippen molar-refractivity contribution in [3.63, 3.8) is 0 Å². The van der Waals surface area contributed by atoms with Crippen molar-refractivity contribution in [3.8, 4) is 0 Å². The molecule has 1 unspecified atom stereocenters. The van der Waals surface area contributed by atoms with Crippen LogP contribution in [0.2, 0.25) is 0 Å². The molecule has 0 aromatic heterocycles. The highest BCUT2D eigenvalue weighted by Crippen LogP contribution is 2.20. The number of amides is 1. The van der Waals surface area contributed by atoms with Gasteiger partial charge in [-0.25, -0.2) is 8.42 Å². The molecule has 2 aliphatic rings. The maximum Gasteiger partial charge on any atom is 0.242 e. The number of anilines is 2. The summed E-state index contributed by atoms with van der Waals surface area (Å²) in [4.78, 5) is 18.9. The van der Waals surface area contributed by atoms with Crippen molar-refractivity contribution >= 4 is 27.1 Å². The molecular weight excluding hydrogens is 364 g/mol. The number of nitrogens with zero attached hydrogens (tertiary/aromatic N) is 3. The van der Waals surface area contributed by atoms with Crippen molar-refractivity contribution in [3.05, 3.63) is 24.3 Å². The van der Waals surface area contributed by atoms with Gasteiger partial charge in [-0.3, -0.25) is 4.79 Å². The Hall–Kier alpha value is -1.80. The number of likely N-dealkylation sites (N-methyl/N-ethyl adjacent to an activating group) is 2. The molecular formula is C19H30N4O3S. The highest BCUT2D eigenvalue weighted by atomic mass is 32.2. The van der Waals surface area contributed by atoms with Gasteiger partial charge in [0.05, 0.1) is 18.1 Å². The molecule has 1 N–H and O–H groups in total. The molecule has 2 fully saturated rings. The number of hydrogen-bond donors (Lipinski definition) is 1. The van der Waals surface area contributed by atoms with Crippen molar-refractivity contribution in [2.45, 2.75) is 19.4 Å². The molecule has 150 valence electrons. The van der Waals surface area contributed by atoms with Crippen molar-refractivity contribution in [2.24, 2.45) is 0 Å². The quantitative estimate of drug-likeness (QED) is 0.772. The fourth-order valence-corrected chi connectivity index (χ4v) is 5.52. The molecule has 0 aliphatic carbocycles. The van der Waals surface area contributed by atoms with E-state index < -0.39 is 9.84 Å². The van der Waals surface area contributed by atoms with Crippen LogP contribution in [-0.4, -0.2) is 88.0 Å². The molecule has 0 radical (unpaired) electrons. The molecule has 2 saturated heterocycles. The van der Waals surface area contributed by atoms with Gasteiger partial charge >= 0.3 is 0 Å². The Morgan fingerprint density at radius 1 is 1.19 bits per heavy atom. The van der Waals surface area contributed by atoms with Crippen molar-refractivity contribution in [1.29, 1.82) is 0 Å². The molecule has 7 nitrogen and oxygen atoms in total. The summed E-state index contributed by atoms with van der Waals surface area (Å²) in [5.74, 6) is 0.220. The third-order valence-corrected chi connectivity index (χ3v) is 7.24. The first kappa shape index (κ1) is 19.9. The molecule has 1 aromatic carbocycles. The second kappa shape index (κ2) is 8.48. The minimum Gasteiger partial charge on any atom is -0.376 e. The van der Waals surface area contributed by atoms with E-state index in [-0.39, 0.29) is 30.0 Å². The van der Waals surface area contributed by atoms with Gasteiger partial charge in [-0.05, 0) is 44.7 Å². The van der Waals surface area contributed by atoms with Gasteiger partial charge < -0.3 is 20.0 Å². The van der Waals surface area contributed by atoms with Gasteiger partial charge in [0, 0.05) is 50.1 Å². The zero-order valence-electron chi connectivity index (χ0n) is 16.2. The van der Waals surface area contributed by atoms with Crippen LogP contribution in [0.3, 0.4) is 0 Å². The van der Waals surface area contributed by atoms with Gasteiger partial charge in [-0.1, -0.05) is 0 Å². The van der Waals surface area contributed by atoms with Crippen molar-refractivity contribution < 1.29 is 13.2 Å². The maximum atomic E-state index is 12.5. The van der Waals surface area contributed by atoms with Gasteiger partial charge in [-0.15, -0.1) is 0 Å². The maximum absolute atomic E-state index is 12.5. The van der Waals surface area contributed by atoms with E-state index in [2.05, 4.69) is 34.3 Å². The number of rotatable bonds is 6. The Labute approximate surface area is 162 Å². The highest BCUT2D eigenvalue weighted by molar-refractivity contribution is 7.91. The molecule has 3 rings (SSSR count). The largest absolute Gasteiger partial charge is 0.376 e. The summed E-state index contributed by atoms with van der Waals surface area (Å²) in [5, 5.41) is 3.17. The zero-order valence-corrected chi connectivity index (χ0v) is 17.0. The Kier molecular flexibility index (Phi) is 6.26. The van der Waals surface area contributed by atoms with Crippen LogP contribution in [0, 0.1) is 0 Å². The van der Waals surface area contributed by atoms with E-state index in [0.29, 0.717) is 13.0 Å². The molecule has 1 aromatic rings. The first-order valence-electron chi connectivity index (χ1n) is 9.65. The normalized spacial score (nSPS) is 22.6. The van der Waals surface area contributed by atoms with Crippen LogP contribution >= 0.6 is 0 Å². The highest BCUT2D eigenvalue weighted by Gasteiger charge is 2.33.